The van der Waals surface area contributed by atoms with Crippen LogP contribution in [0.3, 0.4) is 0 Å². The molecular weight excluding hydrogens is 370 g/mol. The van der Waals surface area contributed by atoms with Gasteiger partial charge in [0.25, 0.3) is 5.91 Å². The lowest BCUT2D eigenvalue weighted by Gasteiger charge is -2.09. The lowest BCUT2D eigenvalue weighted by atomic mass is 10.1. The van der Waals surface area contributed by atoms with Crippen molar-refractivity contribution in [2.75, 3.05) is 18.5 Å². The molecule has 29 heavy (non-hydrogen) atoms. The van der Waals surface area contributed by atoms with Crippen molar-refractivity contribution in [3.63, 3.8) is 0 Å². The van der Waals surface area contributed by atoms with E-state index in [0.29, 0.717) is 29.0 Å². The standard InChI is InChI=1S/C23H19NO5/c1-2-27-16-9-7-15(8-10-16)24-22(25)14-28-17-11-12-19-18-5-3-4-6-20(18)23(26)29-21(19)13-17/h3-13H,2,14H2,1H3,(H,24,25). The molecule has 1 aromatic heterocycles. The van der Waals surface area contributed by atoms with Crippen molar-refractivity contribution in [2.45, 2.75) is 6.92 Å². The fourth-order valence-electron chi connectivity index (χ4n) is 3.10. The fraction of sp³-hybridized carbons (Fsp3) is 0.130. The van der Waals surface area contributed by atoms with Crippen LogP contribution in [0.1, 0.15) is 6.92 Å². The summed E-state index contributed by atoms with van der Waals surface area (Å²) in [5, 5.41) is 4.92. The summed E-state index contributed by atoms with van der Waals surface area (Å²) in [4.78, 5) is 24.3. The molecular formula is C23H19NO5. The number of hydrogen-bond acceptors (Lipinski definition) is 5. The molecule has 146 valence electrons. The topological polar surface area (TPSA) is 77.8 Å². The SMILES string of the molecule is CCOc1ccc(NC(=O)COc2ccc3c(c2)oc(=O)c2ccccc23)cc1. The van der Waals surface area contributed by atoms with Crippen LogP contribution in [-0.4, -0.2) is 19.1 Å². The molecule has 0 saturated carbocycles. The number of carbonyl (C=O) groups is 1. The Morgan fingerprint density at radius 2 is 1.62 bits per heavy atom. The molecule has 0 unspecified atom stereocenters. The molecule has 6 heteroatoms. The molecule has 0 aliphatic carbocycles. The normalized spacial score (nSPS) is 10.8. The summed E-state index contributed by atoms with van der Waals surface area (Å²) in [6, 6.07) is 19.6. The predicted octanol–water partition coefficient (Wildman–Crippen LogP) is 4.36. The maximum Gasteiger partial charge on any atom is 0.344 e. The predicted molar refractivity (Wildman–Crippen MR) is 112 cm³/mol. The van der Waals surface area contributed by atoms with Gasteiger partial charge < -0.3 is 19.2 Å². The van der Waals surface area contributed by atoms with Crippen molar-refractivity contribution >= 4 is 33.3 Å². The number of rotatable bonds is 6. The monoisotopic (exact) mass is 389 g/mol. The van der Waals surface area contributed by atoms with Crippen molar-refractivity contribution < 1.29 is 18.7 Å². The molecule has 0 radical (unpaired) electrons. The van der Waals surface area contributed by atoms with E-state index in [1.165, 1.54) is 0 Å². The minimum atomic E-state index is -0.404. The molecule has 0 spiro atoms. The molecule has 6 nitrogen and oxygen atoms in total. The first-order valence-corrected chi connectivity index (χ1v) is 9.25. The average Bonchev–Trinajstić information content (AvgIpc) is 2.74. The van der Waals surface area contributed by atoms with E-state index < -0.39 is 5.63 Å². The Kier molecular flexibility index (Phi) is 5.16. The fourth-order valence-corrected chi connectivity index (χ4v) is 3.10. The van der Waals surface area contributed by atoms with E-state index in [1.807, 2.05) is 25.1 Å². The molecule has 3 aromatic carbocycles. The Balaban J connectivity index is 1.46. The van der Waals surface area contributed by atoms with E-state index >= 15 is 0 Å². The Bertz CT molecular complexity index is 1230. The highest BCUT2D eigenvalue weighted by Crippen LogP contribution is 2.26. The van der Waals surface area contributed by atoms with Crippen LogP contribution in [0.25, 0.3) is 21.7 Å². The second-order valence-electron chi connectivity index (χ2n) is 6.39. The van der Waals surface area contributed by atoms with E-state index in [4.69, 9.17) is 13.9 Å². The summed E-state index contributed by atoms with van der Waals surface area (Å²) in [7, 11) is 0. The minimum Gasteiger partial charge on any atom is -0.494 e. The van der Waals surface area contributed by atoms with Gasteiger partial charge in [-0.3, -0.25) is 4.79 Å². The Morgan fingerprint density at radius 1 is 0.897 bits per heavy atom. The summed E-state index contributed by atoms with van der Waals surface area (Å²) in [5.41, 5.74) is 0.662. The van der Waals surface area contributed by atoms with Gasteiger partial charge in [0, 0.05) is 17.1 Å². The lowest BCUT2D eigenvalue weighted by molar-refractivity contribution is -0.118. The first kappa shape index (κ1) is 18.6. The number of anilines is 1. The maximum atomic E-state index is 12.2. The van der Waals surface area contributed by atoms with Crippen LogP contribution < -0.4 is 20.4 Å². The summed E-state index contributed by atoms with van der Waals surface area (Å²) in [6.45, 7) is 2.32. The van der Waals surface area contributed by atoms with Crippen molar-refractivity contribution in [3.05, 3.63) is 77.2 Å². The quantitative estimate of drug-likeness (QED) is 0.392. The molecule has 4 rings (SSSR count). The summed E-state index contributed by atoms with van der Waals surface area (Å²) in [6.07, 6.45) is 0. The molecule has 0 aliphatic heterocycles. The first-order chi connectivity index (χ1) is 14.1. The highest BCUT2D eigenvalue weighted by Gasteiger charge is 2.09. The third-order valence-corrected chi connectivity index (χ3v) is 4.41. The lowest BCUT2D eigenvalue weighted by Crippen LogP contribution is -2.20. The molecule has 1 N–H and O–H groups in total. The van der Waals surface area contributed by atoms with Crippen LogP contribution in [0.5, 0.6) is 11.5 Å². The van der Waals surface area contributed by atoms with Crippen LogP contribution in [0.4, 0.5) is 5.69 Å². The smallest absolute Gasteiger partial charge is 0.344 e. The van der Waals surface area contributed by atoms with Gasteiger partial charge in [-0.05, 0) is 54.8 Å². The van der Waals surface area contributed by atoms with Gasteiger partial charge in [0.15, 0.2) is 6.61 Å². The van der Waals surface area contributed by atoms with Crippen LogP contribution in [0.15, 0.2) is 75.9 Å². The molecule has 1 amide bonds. The number of ether oxygens (including phenoxy) is 2. The zero-order chi connectivity index (χ0) is 20.2. The number of benzene rings is 3. The van der Waals surface area contributed by atoms with Crippen molar-refractivity contribution in [1.29, 1.82) is 0 Å². The van der Waals surface area contributed by atoms with Crippen molar-refractivity contribution in [1.82, 2.24) is 0 Å². The zero-order valence-electron chi connectivity index (χ0n) is 15.8. The molecule has 0 saturated heterocycles. The van der Waals surface area contributed by atoms with E-state index in [-0.39, 0.29) is 12.5 Å². The average molecular weight is 389 g/mol. The van der Waals surface area contributed by atoms with Gasteiger partial charge in [-0.1, -0.05) is 18.2 Å². The van der Waals surface area contributed by atoms with Gasteiger partial charge in [0.1, 0.15) is 17.1 Å². The third kappa shape index (κ3) is 4.06. The highest BCUT2D eigenvalue weighted by atomic mass is 16.5. The largest absolute Gasteiger partial charge is 0.494 e. The molecule has 0 aliphatic rings. The first-order valence-electron chi connectivity index (χ1n) is 9.25. The molecule has 0 atom stereocenters. The van der Waals surface area contributed by atoms with Gasteiger partial charge in [-0.25, -0.2) is 4.79 Å². The number of carbonyl (C=O) groups excluding carboxylic acids is 1. The Hall–Kier alpha value is -3.80. The van der Waals surface area contributed by atoms with E-state index in [9.17, 15) is 9.59 Å². The van der Waals surface area contributed by atoms with E-state index in [2.05, 4.69) is 5.32 Å². The molecule has 1 heterocycles. The summed E-state index contributed by atoms with van der Waals surface area (Å²) in [5.74, 6) is 0.888. The van der Waals surface area contributed by atoms with Gasteiger partial charge in [0.2, 0.25) is 0 Å². The van der Waals surface area contributed by atoms with Crippen LogP contribution in [-0.2, 0) is 4.79 Å². The van der Waals surface area contributed by atoms with E-state index in [1.54, 1.807) is 48.5 Å². The van der Waals surface area contributed by atoms with Crippen molar-refractivity contribution in [2.24, 2.45) is 0 Å². The van der Waals surface area contributed by atoms with Crippen LogP contribution in [0, 0.1) is 0 Å². The van der Waals surface area contributed by atoms with Gasteiger partial charge >= 0.3 is 5.63 Å². The molecule has 0 bridgehead atoms. The zero-order valence-corrected chi connectivity index (χ0v) is 15.8. The van der Waals surface area contributed by atoms with Crippen LogP contribution >= 0.6 is 0 Å². The third-order valence-electron chi connectivity index (χ3n) is 4.41. The second-order valence-corrected chi connectivity index (χ2v) is 6.39. The molecule has 0 fully saturated rings. The van der Waals surface area contributed by atoms with Gasteiger partial charge in [-0.2, -0.15) is 0 Å². The van der Waals surface area contributed by atoms with Gasteiger partial charge in [-0.15, -0.1) is 0 Å². The summed E-state index contributed by atoms with van der Waals surface area (Å²) < 4.78 is 16.3. The Morgan fingerprint density at radius 3 is 2.38 bits per heavy atom. The van der Waals surface area contributed by atoms with Gasteiger partial charge in [0.05, 0.1) is 12.0 Å². The highest BCUT2D eigenvalue weighted by molar-refractivity contribution is 6.04. The number of nitrogens with one attached hydrogen (secondary N) is 1. The number of amides is 1. The summed E-state index contributed by atoms with van der Waals surface area (Å²) >= 11 is 0. The van der Waals surface area contributed by atoms with E-state index in [0.717, 1.165) is 16.5 Å². The van der Waals surface area contributed by atoms with Crippen LogP contribution in [0.2, 0.25) is 0 Å². The minimum absolute atomic E-state index is 0.170. The molecule has 4 aromatic rings. The maximum absolute atomic E-state index is 12.2. The Labute approximate surface area is 166 Å². The number of fused-ring (bicyclic) bond motifs is 3. The second kappa shape index (κ2) is 8.06. The van der Waals surface area contributed by atoms with Crippen molar-refractivity contribution in [3.8, 4) is 11.5 Å². The number of hydrogen-bond donors (Lipinski definition) is 1.